The minimum atomic E-state index is -0.221. The standard InChI is InChI=1S/C25H27FN4O2/c1-2-11-30-23-6-4-3-5-22(23)24(28-30)25(31)27-19-12-20-15-32-16-21(13-19)29(20)14-17-7-9-18(26)10-8-17/h2-10,19-21H,1,11-16H2,(H,27,31)/t19?,20-,21+. The highest BCUT2D eigenvalue weighted by Gasteiger charge is 2.39. The molecule has 7 heteroatoms. The summed E-state index contributed by atoms with van der Waals surface area (Å²) in [5.74, 6) is -0.359. The molecule has 166 valence electrons. The molecular formula is C25H27FN4O2. The number of fused-ring (bicyclic) bond motifs is 3. The number of hydrogen-bond donors (Lipinski definition) is 1. The highest BCUT2D eigenvalue weighted by atomic mass is 19.1. The van der Waals surface area contributed by atoms with Gasteiger partial charge in [-0.05, 0) is 36.6 Å². The number of nitrogens with zero attached hydrogens (tertiary/aromatic N) is 3. The Morgan fingerprint density at radius 1 is 1.16 bits per heavy atom. The molecule has 3 heterocycles. The van der Waals surface area contributed by atoms with Crippen LogP contribution in [-0.4, -0.2) is 51.9 Å². The number of benzene rings is 2. The van der Waals surface area contributed by atoms with Gasteiger partial charge in [0.05, 0.1) is 25.3 Å². The van der Waals surface area contributed by atoms with Crippen molar-refractivity contribution in [3.63, 3.8) is 0 Å². The topological polar surface area (TPSA) is 59.4 Å². The van der Waals surface area contributed by atoms with Gasteiger partial charge in [0.25, 0.3) is 5.91 Å². The second-order valence-corrected chi connectivity index (χ2v) is 8.62. The minimum Gasteiger partial charge on any atom is -0.378 e. The molecule has 1 N–H and O–H groups in total. The molecule has 2 fully saturated rings. The van der Waals surface area contributed by atoms with Gasteiger partial charge in [0.2, 0.25) is 0 Å². The maximum absolute atomic E-state index is 13.3. The van der Waals surface area contributed by atoms with E-state index in [9.17, 15) is 9.18 Å². The van der Waals surface area contributed by atoms with Crippen LogP contribution in [0.25, 0.3) is 10.9 Å². The highest BCUT2D eigenvalue weighted by Crippen LogP contribution is 2.30. The Balaban J connectivity index is 1.30. The van der Waals surface area contributed by atoms with E-state index >= 15 is 0 Å². The maximum atomic E-state index is 13.3. The number of ether oxygens (including phenoxy) is 1. The number of amides is 1. The summed E-state index contributed by atoms with van der Waals surface area (Å²) < 4.78 is 20.9. The molecule has 1 unspecified atom stereocenters. The summed E-state index contributed by atoms with van der Waals surface area (Å²) in [7, 11) is 0. The normalized spacial score (nSPS) is 23.2. The predicted molar refractivity (Wildman–Crippen MR) is 121 cm³/mol. The van der Waals surface area contributed by atoms with Crippen LogP contribution in [-0.2, 0) is 17.8 Å². The molecule has 5 rings (SSSR count). The van der Waals surface area contributed by atoms with Crippen molar-refractivity contribution in [1.82, 2.24) is 20.0 Å². The van der Waals surface area contributed by atoms with Gasteiger partial charge >= 0.3 is 0 Å². The fourth-order valence-corrected chi connectivity index (χ4v) is 4.98. The Kier molecular flexibility index (Phi) is 5.76. The van der Waals surface area contributed by atoms with Gasteiger partial charge in [0.1, 0.15) is 5.82 Å². The van der Waals surface area contributed by atoms with Crippen LogP contribution >= 0.6 is 0 Å². The highest BCUT2D eigenvalue weighted by molar-refractivity contribution is 6.05. The van der Waals surface area contributed by atoms with Crippen LogP contribution in [0.15, 0.2) is 61.2 Å². The predicted octanol–water partition coefficient (Wildman–Crippen LogP) is 3.52. The van der Waals surface area contributed by atoms with Gasteiger partial charge in [-0.2, -0.15) is 5.10 Å². The zero-order valence-corrected chi connectivity index (χ0v) is 17.9. The number of halogens is 1. The molecule has 3 atom stereocenters. The molecule has 2 aliphatic heterocycles. The van der Waals surface area contributed by atoms with Crippen molar-refractivity contribution in [2.75, 3.05) is 13.2 Å². The molecule has 2 aromatic carbocycles. The number of aromatic nitrogens is 2. The third-order valence-corrected chi connectivity index (χ3v) is 6.46. The minimum absolute atomic E-state index is 0.0641. The average molecular weight is 435 g/mol. The Bertz CT molecular complexity index is 1110. The van der Waals surface area contributed by atoms with Crippen molar-refractivity contribution in [1.29, 1.82) is 0 Å². The van der Waals surface area contributed by atoms with Gasteiger partial charge < -0.3 is 10.1 Å². The van der Waals surface area contributed by atoms with Gasteiger partial charge in [-0.25, -0.2) is 4.39 Å². The first-order valence-corrected chi connectivity index (χ1v) is 11.1. The number of para-hydroxylation sites is 1. The van der Waals surface area contributed by atoms with E-state index in [2.05, 4.69) is 21.9 Å². The SMILES string of the molecule is C=CCn1nc(C(=O)NC2C[C@H]3COC[C@@H](C2)N3Cc2ccc(F)cc2)c2ccccc21. The van der Waals surface area contributed by atoms with Crippen molar-refractivity contribution in [2.45, 2.75) is 44.1 Å². The molecular weight excluding hydrogens is 407 g/mol. The second-order valence-electron chi connectivity index (χ2n) is 8.62. The lowest BCUT2D eigenvalue weighted by Gasteiger charge is -2.48. The Morgan fingerprint density at radius 3 is 2.59 bits per heavy atom. The zero-order chi connectivity index (χ0) is 22.1. The summed E-state index contributed by atoms with van der Waals surface area (Å²) in [5.41, 5.74) is 2.47. The van der Waals surface area contributed by atoms with Crippen LogP contribution in [0.2, 0.25) is 0 Å². The Labute approximate surface area is 186 Å². The van der Waals surface area contributed by atoms with Crippen LogP contribution in [0.3, 0.4) is 0 Å². The lowest BCUT2D eigenvalue weighted by atomic mass is 9.89. The van der Waals surface area contributed by atoms with Gasteiger partial charge in [-0.1, -0.05) is 36.4 Å². The van der Waals surface area contributed by atoms with Gasteiger partial charge in [-0.15, -0.1) is 6.58 Å². The lowest BCUT2D eigenvalue weighted by molar-refractivity contribution is -0.0843. The number of piperidine rings is 1. The number of allylic oxidation sites excluding steroid dienone is 1. The summed E-state index contributed by atoms with van der Waals surface area (Å²) in [6, 6.07) is 15.0. The second kappa shape index (κ2) is 8.84. The molecule has 3 aromatic rings. The number of rotatable bonds is 6. The molecule has 2 aliphatic rings. The number of carbonyl (C=O) groups excluding carboxylic acids is 1. The summed E-state index contributed by atoms with van der Waals surface area (Å²) in [6.45, 7) is 6.38. The van der Waals surface area contributed by atoms with E-state index in [0.29, 0.717) is 25.5 Å². The fraction of sp³-hybridized carbons (Fsp3) is 0.360. The number of nitrogens with one attached hydrogen (secondary N) is 1. The fourth-order valence-electron chi connectivity index (χ4n) is 4.98. The largest absolute Gasteiger partial charge is 0.378 e. The summed E-state index contributed by atoms with van der Waals surface area (Å²) in [5, 5.41) is 8.64. The smallest absolute Gasteiger partial charge is 0.272 e. The molecule has 0 radical (unpaired) electrons. The number of carbonyl (C=O) groups is 1. The molecule has 1 amide bonds. The van der Waals surface area contributed by atoms with E-state index < -0.39 is 0 Å². The van der Waals surface area contributed by atoms with Crippen molar-refractivity contribution < 1.29 is 13.9 Å². The van der Waals surface area contributed by atoms with E-state index in [-0.39, 0.29) is 29.8 Å². The Hall–Kier alpha value is -3.03. The zero-order valence-electron chi connectivity index (χ0n) is 17.9. The van der Waals surface area contributed by atoms with E-state index in [1.54, 1.807) is 6.08 Å². The first-order chi connectivity index (χ1) is 15.6. The van der Waals surface area contributed by atoms with Crippen molar-refractivity contribution >= 4 is 16.8 Å². The molecule has 1 aromatic heterocycles. The van der Waals surface area contributed by atoms with E-state index in [0.717, 1.165) is 35.9 Å². The van der Waals surface area contributed by atoms with Crippen molar-refractivity contribution in [2.24, 2.45) is 0 Å². The van der Waals surface area contributed by atoms with E-state index in [1.165, 1.54) is 12.1 Å². The van der Waals surface area contributed by atoms with Crippen LogP contribution in [0.4, 0.5) is 4.39 Å². The molecule has 32 heavy (non-hydrogen) atoms. The van der Waals surface area contributed by atoms with E-state index in [1.807, 2.05) is 41.1 Å². The van der Waals surface area contributed by atoms with Crippen molar-refractivity contribution in [3.8, 4) is 0 Å². The van der Waals surface area contributed by atoms with Crippen molar-refractivity contribution in [3.05, 3.63) is 78.3 Å². The molecule has 2 bridgehead atoms. The maximum Gasteiger partial charge on any atom is 0.272 e. The van der Waals surface area contributed by atoms with E-state index in [4.69, 9.17) is 4.74 Å². The monoisotopic (exact) mass is 434 g/mol. The van der Waals surface area contributed by atoms with Gasteiger partial charge in [-0.3, -0.25) is 14.4 Å². The summed E-state index contributed by atoms with van der Waals surface area (Å²) >= 11 is 0. The van der Waals surface area contributed by atoms with Crippen LogP contribution in [0, 0.1) is 5.82 Å². The molecule has 0 spiro atoms. The van der Waals surface area contributed by atoms with Crippen LogP contribution in [0.1, 0.15) is 28.9 Å². The lowest BCUT2D eigenvalue weighted by Crippen LogP contribution is -2.60. The summed E-state index contributed by atoms with van der Waals surface area (Å²) in [4.78, 5) is 15.6. The first-order valence-electron chi connectivity index (χ1n) is 11.1. The van der Waals surface area contributed by atoms with Gasteiger partial charge in [0, 0.05) is 30.1 Å². The number of hydrogen-bond acceptors (Lipinski definition) is 4. The Morgan fingerprint density at radius 2 is 1.88 bits per heavy atom. The van der Waals surface area contributed by atoms with Crippen LogP contribution in [0.5, 0.6) is 0 Å². The average Bonchev–Trinajstić information content (AvgIpc) is 3.15. The third kappa shape index (κ3) is 4.06. The molecule has 0 aliphatic carbocycles. The first kappa shape index (κ1) is 20.8. The molecule has 2 saturated heterocycles. The molecule has 0 saturated carbocycles. The number of morpholine rings is 1. The third-order valence-electron chi connectivity index (χ3n) is 6.46. The quantitative estimate of drug-likeness (QED) is 0.603. The van der Waals surface area contributed by atoms with Crippen LogP contribution < -0.4 is 5.32 Å². The van der Waals surface area contributed by atoms with Gasteiger partial charge in [0.15, 0.2) is 5.69 Å². The molecule has 6 nitrogen and oxygen atoms in total. The summed E-state index contributed by atoms with van der Waals surface area (Å²) in [6.07, 6.45) is 3.41.